The summed E-state index contributed by atoms with van der Waals surface area (Å²) in [6.07, 6.45) is 3.56. The van der Waals surface area contributed by atoms with Crippen molar-refractivity contribution in [2.24, 2.45) is 0 Å². The minimum Gasteiger partial charge on any atom is -0.504 e. The van der Waals surface area contributed by atoms with Crippen molar-refractivity contribution >= 4 is 5.91 Å². The Kier molecular flexibility index (Phi) is 6.47. The molecule has 0 bridgehead atoms. The molecule has 0 fully saturated rings. The topological polar surface area (TPSA) is 91.7 Å². The first-order valence-electron chi connectivity index (χ1n) is 9.15. The van der Waals surface area contributed by atoms with E-state index in [1.165, 1.54) is 18.2 Å². The number of nitrogens with zero attached hydrogens (tertiary/aromatic N) is 1. The van der Waals surface area contributed by atoms with E-state index in [4.69, 9.17) is 4.74 Å². The second-order valence-electron chi connectivity index (χ2n) is 6.39. The average Bonchev–Trinajstić information content (AvgIpc) is 2.75. The van der Waals surface area contributed by atoms with Crippen molar-refractivity contribution < 1.29 is 19.7 Å². The van der Waals surface area contributed by atoms with Gasteiger partial charge in [0.25, 0.3) is 0 Å². The number of hydrogen-bond acceptors (Lipinski definition) is 5. The Morgan fingerprint density at radius 2 is 1.97 bits per heavy atom. The minimum atomic E-state index is -0.219. The van der Waals surface area contributed by atoms with Crippen LogP contribution in [-0.2, 0) is 17.8 Å². The van der Waals surface area contributed by atoms with Crippen LogP contribution in [0.4, 0.5) is 0 Å². The van der Waals surface area contributed by atoms with Gasteiger partial charge in [-0.1, -0.05) is 24.8 Å². The lowest BCUT2D eigenvalue weighted by molar-refractivity contribution is -0.116. The van der Waals surface area contributed by atoms with Crippen LogP contribution in [0.25, 0.3) is 11.1 Å². The number of hydrogen-bond donors (Lipinski definition) is 3. The molecule has 0 aliphatic heterocycles. The van der Waals surface area contributed by atoms with Gasteiger partial charge in [0.05, 0.1) is 5.69 Å². The number of carbonyl (C=O) groups is 1. The van der Waals surface area contributed by atoms with Gasteiger partial charge >= 0.3 is 0 Å². The SMILES string of the molecule is C=CC(=O)NCCc1ccc(OCc2ccccn2)c(-c2ccc(O)c(O)c2)c1. The summed E-state index contributed by atoms with van der Waals surface area (Å²) in [6, 6.07) is 16.0. The van der Waals surface area contributed by atoms with Crippen molar-refractivity contribution in [1.82, 2.24) is 10.3 Å². The number of amides is 1. The van der Waals surface area contributed by atoms with E-state index in [9.17, 15) is 15.0 Å². The molecule has 2 aromatic carbocycles. The minimum absolute atomic E-state index is 0.187. The second kappa shape index (κ2) is 9.41. The maximum atomic E-state index is 11.3. The predicted molar refractivity (Wildman–Crippen MR) is 111 cm³/mol. The number of carbonyl (C=O) groups excluding carboxylic acids is 1. The molecule has 0 radical (unpaired) electrons. The molecule has 1 amide bonds. The van der Waals surface area contributed by atoms with Crippen LogP contribution in [0.1, 0.15) is 11.3 Å². The van der Waals surface area contributed by atoms with Crippen molar-refractivity contribution in [2.75, 3.05) is 6.54 Å². The molecule has 0 saturated carbocycles. The molecule has 0 saturated heterocycles. The van der Waals surface area contributed by atoms with E-state index in [2.05, 4.69) is 16.9 Å². The molecule has 148 valence electrons. The molecular weight excluding hydrogens is 368 g/mol. The van der Waals surface area contributed by atoms with Crippen LogP contribution >= 0.6 is 0 Å². The van der Waals surface area contributed by atoms with E-state index in [-0.39, 0.29) is 17.4 Å². The highest BCUT2D eigenvalue weighted by Gasteiger charge is 2.11. The van der Waals surface area contributed by atoms with Crippen LogP contribution in [0.2, 0.25) is 0 Å². The second-order valence-corrected chi connectivity index (χ2v) is 6.39. The average molecular weight is 390 g/mol. The summed E-state index contributed by atoms with van der Waals surface area (Å²) in [7, 11) is 0. The summed E-state index contributed by atoms with van der Waals surface area (Å²) >= 11 is 0. The van der Waals surface area contributed by atoms with Gasteiger partial charge in [-0.15, -0.1) is 0 Å². The number of aromatic nitrogens is 1. The van der Waals surface area contributed by atoms with Crippen LogP contribution < -0.4 is 10.1 Å². The Morgan fingerprint density at radius 3 is 2.69 bits per heavy atom. The third-order valence-electron chi connectivity index (χ3n) is 4.33. The fourth-order valence-corrected chi connectivity index (χ4v) is 2.81. The summed E-state index contributed by atoms with van der Waals surface area (Å²) in [4.78, 5) is 15.6. The summed E-state index contributed by atoms with van der Waals surface area (Å²) in [5, 5.41) is 22.3. The lowest BCUT2D eigenvalue weighted by Crippen LogP contribution is -2.23. The standard InChI is InChI=1S/C23H22N2O4/c1-2-23(28)25-12-10-16-6-9-22(29-15-18-5-3-4-11-24-18)19(13-16)17-7-8-20(26)21(27)14-17/h2-9,11,13-14,26-27H,1,10,12,15H2,(H,25,28). The lowest BCUT2D eigenvalue weighted by Gasteiger charge is -2.14. The zero-order valence-corrected chi connectivity index (χ0v) is 15.8. The van der Waals surface area contributed by atoms with E-state index in [0.29, 0.717) is 30.9 Å². The van der Waals surface area contributed by atoms with Gasteiger partial charge in [0.15, 0.2) is 11.5 Å². The third-order valence-corrected chi connectivity index (χ3v) is 4.33. The lowest BCUT2D eigenvalue weighted by atomic mass is 10.00. The summed E-state index contributed by atoms with van der Waals surface area (Å²) in [5.74, 6) is 0.0124. The van der Waals surface area contributed by atoms with Crippen LogP contribution in [0, 0.1) is 0 Å². The fourth-order valence-electron chi connectivity index (χ4n) is 2.81. The number of phenols is 2. The van der Waals surface area contributed by atoms with E-state index >= 15 is 0 Å². The number of pyridine rings is 1. The maximum Gasteiger partial charge on any atom is 0.243 e. The Hall–Kier alpha value is -3.80. The van der Waals surface area contributed by atoms with Crippen molar-refractivity contribution in [2.45, 2.75) is 13.0 Å². The molecule has 1 heterocycles. The molecule has 0 unspecified atom stereocenters. The Bertz CT molecular complexity index is 1000. The third kappa shape index (κ3) is 5.35. The molecule has 3 rings (SSSR count). The first-order valence-corrected chi connectivity index (χ1v) is 9.15. The fraction of sp³-hybridized carbons (Fsp3) is 0.130. The van der Waals surface area contributed by atoms with E-state index < -0.39 is 0 Å². The van der Waals surface area contributed by atoms with E-state index in [1.807, 2.05) is 36.4 Å². The number of aromatic hydroxyl groups is 2. The molecule has 3 N–H and O–H groups in total. The maximum absolute atomic E-state index is 11.3. The quantitative estimate of drug-likeness (QED) is 0.404. The molecule has 0 spiro atoms. The van der Waals surface area contributed by atoms with Gasteiger partial charge in [0, 0.05) is 18.3 Å². The summed E-state index contributed by atoms with van der Waals surface area (Å²) < 4.78 is 5.97. The zero-order chi connectivity index (χ0) is 20.6. The molecule has 6 nitrogen and oxygen atoms in total. The Balaban J connectivity index is 1.86. The van der Waals surface area contributed by atoms with Gasteiger partial charge < -0.3 is 20.3 Å². The van der Waals surface area contributed by atoms with Gasteiger partial charge in [-0.3, -0.25) is 9.78 Å². The van der Waals surface area contributed by atoms with Crippen LogP contribution in [-0.4, -0.2) is 27.6 Å². The number of nitrogens with one attached hydrogen (secondary N) is 1. The first-order chi connectivity index (χ1) is 14.1. The highest BCUT2D eigenvalue weighted by atomic mass is 16.5. The van der Waals surface area contributed by atoms with Crippen molar-refractivity contribution in [3.63, 3.8) is 0 Å². The van der Waals surface area contributed by atoms with Crippen molar-refractivity contribution in [1.29, 1.82) is 0 Å². The van der Waals surface area contributed by atoms with Gasteiger partial charge in [-0.2, -0.15) is 0 Å². The zero-order valence-electron chi connectivity index (χ0n) is 15.8. The number of benzene rings is 2. The molecular formula is C23H22N2O4. The molecule has 3 aromatic rings. The molecule has 29 heavy (non-hydrogen) atoms. The molecule has 6 heteroatoms. The molecule has 1 aromatic heterocycles. The van der Waals surface area contributed by atoms with Gasteiger partial charge in [0.1, 0.15) is 12.4 Å². The van der Waals surface area contributed by atoms with Crippen molar-refractivity contribution in [3.8, 4) is 28.4 Å². The monoisotopic (exact) mass is 390 g/mol. The predicted octanol–water partition coefficient (Wildman–Crippen LogP) is 3.58. The molecule has 0 atom stereocenters. The Morgan fingerprint density at radius 1 is 1.10 bits per heavy atom. The smallest absolute Gasteiger partial charge is 0.243 e. The number of ether oxygens (including phenoxy) is 1. The highest BCUT2D eigenvalue weighted by molar-refractivity contribution is 5.86. The largest absolute Gasteiger partial charge is 0.504 e. The number of phenolic OH excluding ortho intramolecular Hbond substituents is 2. The molecule has 0 aliphatic rings. The normalized spacial score (nSPS) is 10.3. The van der Waals surface area contributed by atoms with Crippen LogP contribution in [0.3, 0.4) is 0 Å². The number of rotatable bonds is 8. The van der Waals surface area contributed by atoms with E-state index in [0.717, 1.165) is 16.8 Å². The van der Waals surface area contributed by atoms with E-state index in [1.54, 1.807) is 12.3 Å². The summed E-state index contributed by atoms with van der Waals surface area (Å²) in [5.41, 5.74) is 3.25. The highest BCUT2D eigenvalue weighted by Crippen LogP contribution is 2.36. The van der Waals surface area contributed by atoms with Crippen LogP contribution in [0.15, 0.2) is 73.4 Å². The van der Waals surface area contributed by atoms with Gasteiger partial charge in [-0.25, -0.2) is 0 Å². The van der Waals surface area contributed by atoms with Crippen molar-refractivity contribution in [3.05, 3.63) is 84.7 Å². The van der Waals surface area contributed by atoms with Crippen LogP contribution in [0.5, 0.6) is 17.2 Å². The summed E-state index contributed by atoms with van der Waals surface area (Å²) in [6.45, 7) is 4.20. The van der Waals surface area contributed by atoms with Gasteiger partial charge in [-0.05, 0) is 60.0 Å². The Labute approximate surface area is 169 Å². The first kappa shape index (κ1) is 19.9. The van der Waals surface area contributed by atoms with Gasteiger partial charge in [0.2, 0.25) is 5.91 Å². The molecule has 0 aliphatic carbocycles.